The summed E-state index contributed by atoms with van der Waals surface area (Å²) in [7, 11) is 0. The van der Waals surface area contributed by atoms with Gasteiger partial charge in [0.05, 0.1) is 6.61 Å². The van der Waals surface area contributed by atoms with E-state index in [2.05, 4.69) is 27.8 Å². The summed E-state index contributed by atoms with van der Waals surface area (Å²) in [5.74, 6) is 6.22. The molecule has 0 aliphatic rings. The molecular formula is C16H14BrNO. The molecule has 0 bridgehead atoms. The predicted octanol–water partition coefficient (Wildman–Crippen LogP) is 2.80. The third-order valence-electron chi connectivity index (χ3n) is 2.84. The molecule has 2 nitrogen and oxygen atoms in total. The molecule has 96 valence electrons. The molecule has 0 aliphatic heterocycles. The lowest BCUT2D eigenvalue weighted by Crippen LogP contribution is -2.00. The van der Waals surface area contributed by atoms with E-state index in [1.165, 1.54) is 0 Å². The van der Waals surface area contributed by atoms with Crippen molar-refractivity contribution in [3.63, 3.8) is 0 Å². The molecule has 0 heterocycles. The van der Waals surface area contributed by atoms with Crippen molar-refractivity contribution in [3.05, 3.63) is 69.2 Å². The van der Waals surface area contributed by atoms with E-state index in [1.807, 2.05) is 42.5 Å². The van der Waals surface area contributed by atoms with Crippen LogP contribution in [0, 0.1) is 11.8 Å². The predicted molar refractivity (Wildman–Crippen MR) is 80.4 cm³/mol. The molecule has 2 aromatic rings. The van der Waals surface area contributed by atoms with Crippen LogP contribution in [0.3, 0.4) is 0 Å². The zero-order chi connectivity index (χ0) is 13.7. The topological polar surface area (TPSA) is 46.2 Å². The number of aliphatic hydroxyl groups is 1. The first-order valence-corrected chi connectivity index (χ1v) is 6.73. The van der Waals surface area contributed by atoms with Crippen molar-refractivity contribution in [2.75, 3.05) is 0 Å². The Hall–Kier alpha value is -1.60. The molecule has 2 aromatic carbocycles. The molecule has 0 amide bonds. The minimum atomic E-state index is -0.00686. The van der Waals surface area contributed by atoms with Gasteiger partial charge in [-0.15, -0.1) is 0 Å². The average Bonchev–Trinajstić information content (AvgIpc) is 2.45. The number of aliphatic hydroxyl groups excluding tert-OH is 1. The summed E-state index contributed by atoms with van der Waals surface area (Å²) >= 11 is 3.47. The Kier molecular flexibility index (Phi) is 4.75. The average molecular weight is 316 g/mol. The fourth-order valence-electron chi connectivity index (χ4n) is 1.80. The van der Waals surface area contributed by atoms with Gasteiger partial charge < -0.3 is 10.8 Å². The van der Waals surface area contributed by atoms with Crippen LogP contribution in [-0.2, 0) is 13.2 Å². The lowest BCUT2D eigenvalue weighted by Gasteiger charge is -2.04. The standard InChI is InChI=1S/C16H14BrNO/c17-16-7-3-6-13(15(16)10-18)9-8-12-4-1-2-5-14(12)11-19/h1-7,19H,10-11,18H2. The maximum atomic E-state index is 9.27. The van der Waals surface area contributed by atoms with Gasteiger partial charge in [-0.3, -0.25) is 0 Å². The second-order valence-corrected chi connectivity index (χ2v) is 4.89. The van der Waals surface area contributed by atoms with Crippen molar-refractivity contribution in [2.24, 2.45) is 5.73 Å². The van der Waals surface area contributed by atoms with Gasteiger partial charge in [-0.2, -0.15) is 0 Å². The van der Waals surface area contributed by atoms with Crippen LogP contribution in [-0.4, -0.2) is 5.11 Å². The Morgan fingerprint density at radius 1 is 1.00 bits per heavy atom. The molecule has 3 N–H and O–H groups in total. The highest BCUT2D eigenvalue weighted by Crippen LogP contribution is 2.19. The minimum Gasteiger partial charge on any atom is -0.392 e. The van der Waals surface area contributed by atoms with Crippen LogP contribution in [0.2, 0.25) is 0 Å². The van der Waals surface area contributed by atoms with Gasteiger partial charge >= 0.3 is 0 Å². The van der Waals surface area contributed by atoms with Crippen LogP contribution in [0.5, 0.6) is 0 Å². The molecule has 0 atom stereocenters. The molecule has 0 saturated heterocycles. The fraction of sp³-hybridized carbons (Fsp3) is 0.125. The molecule has 0 spiro atoms. The van der Waals surface area contributed by atoms with E-state index in [9.17, 15) is 5.11 Å². The molecule has 0 aliphatic carbocycles. The van der Waals surface area contributed by atoms with E-state index in [0.717, 1.165) is 26.7 Å². The van der Waals surface area contributed by atoms with E-state index in [4.69, 9.17) is 5.73 Å². The summed E-state index contributed by atoms with van der Waals surface area (Å²) in [4.78, 5) is 0. The number of nitrogens with two attached hydrogens (primary N) is 1. The van der Waals surface area contributed by atoms with Gasteiger partial charge in [0.25, 0.3) is 0 Å². The summed E-state index contributed by atoms with van der Waals surface area (Å²) in [6.07, 6.45) is 0. The zero-order valence-electron chi connectivity index (χ0n) is 10.4. The molecule has 3 heteroatoms. The van der Waals surface area contributed by atoms with Gasteiger partial charge in [0.15, 0.2) is 0 Å². The van der Waals surface area contributed by atoms with Crippen LogP contribution < -0.4 is 5.73 Å². The summed E-state index contributed by atoms with van der Waals surface area (Å²) in [6, 6.07) is 13.4. The van der Waals surface area contributed by atoms with Crippen molar-refractivity contribution in [1.82, 2.24) is 0 Å². The quantitative estimate of drug-likeness (QED) is 0.837. The number of halogens is 1. The van der Waals surface area contributed by atoms with Crippen molar-refractivity contribution in [3.8, 4) is 11.8 Å². The van der Waals surface area contributed by atoms with E-state index in [-0.39, 0.29) is 6.61 Å². The van der Waals surface area contributed by atoms with Crippen LogP contribution in [0.25, 0.3) is 0 Å². The number of hydrogen-bond acceptors (Lipinski definition) is 2. The van der Waals surface area contributed by atoms with Crippen LogP contribution >= 0.6 is 15.9 Å². The molecule has 0 unspecified atom stereocenters. The molecular weight excluding hydrogens is 302 g/mol. The van der Waals surface area contributed by atoms with Crippen LogP contribution in [0.4, 0.5) is 0 Å². The molecule has 19 heavy (non-hydrogen) atoms. The maximum Gasteiger partial charge on any atom is 0.0694 e. The first-order chi connectivity index (χ1) is 9.26. The lowest BCUT2D eigenvalue weighted by molar-refractivity contribution is 0.281. The van der Waals surface area contributed by atoms with Gasteiger partial charge in [-0.25, -0.2) is 0 Å². The van der Waals surface area contributed by atoms with E-state index in [0.29, 0.717) is 6.54 Å². The van der Waals surface area contributed by atoms with Gasteiger partial charge in [-0.05, 0) is 29.3 Å². The van der Waals surface area contributed by atoms with Gasteiger partial charge in [-0.1, -0.05) is 52.0 Å². The highest BCUT2D eigenvalue weighted by molar-refractivity contribution is 9.10. The van der Waals surface area contributed by atoms with E-state index >= 15 is 0 Å². The third-order valence-corrected chi connectivity index (χ3v) is 3.59. The van der Waals surface area contributed by atoms with Crippen LogP contribution in [0.1, 0.15) is 22.3 Å². The summed E-state index contributed by atoms with van der Waals surface area (Å²) in [6.45, 7) is 0.431. The zero-order valence-corrected chi connectivity index (χ0v) is 11.9. The Bertz CT molecular complexity index is 641. The Morgan fingerprint density at radius 3 is 2.42 bits per heavy atom. The SMILES string of the molecule is NCc1c(Br)cccc1C#Cc1ccccc1CO. The monoisotopic (exact) mass is 315 g/mol. The molecule has 2 rings (SSSR count). The first-order valence-electron chi connectivity index (χ1n) is 5.94. The molecule has 0 saturated carbocycles. The van der Waals surface area contributed by atoms with Crippen molar-refractivity contribution in [1.29, 1.82) is 0 Å². The number of hydrogen-bond donors (Lipinski definition) is 2. The fourth-order valence-corrected chi connectivity index (χ4v) is 2.33. The smallest absolute Gasteiger partial charge is 0.0694 e. The van der Waals surface area contributed by atoms with Crippen molar-refractivity contribution >= 4 is 15.9 Å². The van der Waals surface area contributed by atoms with Crippen molar-refractivity contribution in [2.45, 2.75) is 13.2 Å². The molecule has 0 radical (unpaired) electrons. The summed E-state index contributed by atoms with van der Waals surface area (Å²) < 4.78 is 0.970. The summed E-state index contributed by atoms with van der Waals surface area (Å²) in [5.41, 5.74) is 9.32. The maximum absolute atomic E-state index is 9.27. The van der Waals surface area contributed by atoms with E-state index < -0.39 is 0 Å². The molecule has 0 aromatic heterocycles. The van der Waals surface area contributed by atoms with Crippen LogP contribution in [0.15, 0.2) is 46.9 Å². The van der Waals surface area contributed by atoms with Gasteiger partial charge in [0.1, 0.15) is 0 Å². The normalized spacial score (nSPS) is 9.84. The number of benzene rings is 2. The lowest BCUT2D eigenvalue weighted by atomic mass is 10.1. The van der Waals surface area contributed by atoms with Gasteiger partial charge in [0, 0.05) is 22.1 Å². The highest BCUT2D eigenvalue weighted by atomic mass is 79.9. The highest BCUT2D eigenvalue weighted by Gasteiger charge is 2.02. The second kappa shape index (κ2) is 6.53. The first kappa shape index (κ1) is 13.8. The van der Waals surface area contributed by atoms with E-state index in [1.54, 1.807) is 0 Å². The Morgan fingerprint density at radius 2 is 1.68 bits per heavy atom. The summed E-state index contributed by atoms with van der Waals surface area (Å²) in [5, 5.41) is 9.27. The minimum absolute atomic E-state index is 0.00686. The Balaban J connectivity index is 2.42. The Labute approximate surface area is 121 Å². The largest absolute Gasteiger partial charge is 0.392 e. The number of rotatable bonds is 2. The van der Waals surface area contributed by atoms with Crippen molar-refractivity contribution < 1.29 is 5.11 Å². The third kappa shape index (κ3) is 3.24. The second-order valence-electron chi connectivity index (χ2n) is 4.04. The molecule has 0 fully saturated rings. The van der Waals surface area contributed by atoms with Gasteiger partial charge in [0.2, 0.25) is 0 Å².